The van der Waals surface area contributed by atoms with Crippen LogP contribution < -0.4 is 0 Å². The van der Waals surface area contributed by atoms with Gasteiger partial charge in [0.1, 0.15) is 6.61 Å². The number of nitrogens with zero attached hydrogens (tertiary/aromatic N) is 2. The van der Waals surface area contributed by atoms with E-state index in [0.29, 0.717) is 6.04 Å². The summed E-state index contributed by atoms with van der Waals surface area (Å²) in [5.41, 5.74) is 0. The first-order valence-electron chi connectivity index (χ1n) is 6.23. The average Bonchev–Trinajstić information content (AvgIpc) is 2.32. The fraction of sp³-hybridized carbons (Fsp3) is 0.917. The number of carbonyl (C=O) groups excluding carboxylic acids is 1. The molecule has 1 fully saturated rings. The van der Waals surface area contributed by atoms with Crippen LogP contribution in [0.3, 0.4) is 0 Å². The van der Waals surface area contributed by atoms with Crippen molar-refractivity contribution in [3.63, 3.8) is 0 Å². The summed E-state index contributed by atoms with van der Waals surface area (Å²) < 4.78 is 4.87. The summed E-state index contributed by atoms with van der Waals surface area (Å²) in [7, 11) is 1.57. The molecule has 4 heteroatoms. The van der Waals surface area contributed by atoms with Gasteiger partial charge in [-0.3, -0.25) is 4.79 Å². The Kier molecular flexibility index (Phi) is 5.77. The average molecular weight is 228 g/mol. The summed E-state index contributed by atoms with van der Waals surface area (Å²) >= 11 is 0. The minimum absolute atomic E-state index is 0.125. The Morgan fingerprint density at radius 3 is 2.31 bits per heavy atom. The van der Waals surface area contributed by atoms with E-state index < -0.39 is 0 Å². The number of likely N-dealkylation sites (tertiary alicyclic amines) is 1. The highest BCUT2D eigenvalue weighted by Crippen LogP contribution is 2.16. The Balaban J connectivity index is 2.35. The number of piperidine rings is 1. The maximum absolute atomic E-state index is 11.6. The number of ether oxygens (including phenoxy) is 1. The lowest BCUT2D eigenvalue weighted by Gasteiger charge is -2.37. The van der Waals surface area contributed by atoms with Crippen LogP contribution in [0.15, 0.2) is 0 Å². The van der Waals surface area contributed by atoms with Crippen LogP contribution in [0.2, 0.25) is 0 Å². The van der Waals surface area contributed by atoms with Crippen molar-refractivity contribution >= 4 is 5.91 Å². The predicted molar refractivity (Wildman–Crippen MR) is 64.4 cm³/mol. The van der Waals surface area contributed by atoms with E-state index >= 15 is 0 Å². The standard InChI is InChI=1S/C12H24N2O2/c1-4-13(5-2)11-6-8-14(9-7-11)12(15)10-16-3/h11H,4-10H2,1-3H3. The van der Waals surface area contributed by atoms with Crippen molar-refractivity contribution in [3.8, 4) is 0 Å². The van der Waals surface area contributed by atoms with Gasteiger partial charge in [-0.25, -0.2) is 0 Å². The van der Waals surface area contributed by atoms with E-state index in [1.807, 2.05) is 4.90 Å². The quantitative estimate of drug-likeness (QED) is 0.703. The van der Waals surface area contributed by atoms with E-state index in [4.69, 9.17) is 4.74 Å². The second kappa shape index (κ2) is 6.86. The third-order valence-corrected chi connectivity index (χ3v) is 3.41. The molecule has 4 nitrogen and oxygen atoms in total. The zero-order valence-electron chi connectivity index (χ0n) is 10.7. The summed E-state index contributed by atoms with van der Waals surface area (Å²) in [6.45, 7) is 8.58. The normalized spacial score (nSPS) is 18.1. The topological polar surface area (TPSA) is 32.8 Å². The molecule has 0 unspecified atom stereocenters. The Hall–Kier alpha value is -0.610. The molecule has 0 N–H and O–H groups in total. The molecule has 0 saturated carbocycles. The fourth-order valence-electron chi connectivity index (χ4n) is 2.44. The second-order valence-electron chi connectivity index (χ2n) is 4.27. The van der Waals surface area contributed by atoms with Crippen LogP contribution >= 0.6 is 0 Å². The highest BCUT2D eigenvalue weighted by atomic mass is 16.5. The molecule has 1 amide bonds. The largest absolute Gasteiger partial charge is 0.375 e. The van der Waals surface area contributed by atoms with Crippen molar-refractivity contribution in [1.82, 2.24) is 9.80 Å². The first-order valence-corrected chi connectivity index (χ1v) is 6.23. The Morgan fingerprint density at radius 1 is 1.31 bits per heavy atom. The van der Waals surface area contributed by atoms with Crippen LogP contribution in [-0.4, -0.2) is 61.6 Å². The van der Waals surface area contributed by atoms with Crippen molar-refractivity contribution in [2.75, 3.05) is 39.9 Å². The van der Waals surface area contributed by atoms with Crippen LogP contribution in [0.1, 0.15) is 26.7 Å². The highest BCUT2D eigenvalue weighted by Gasteiger charge is 2.25. The summed E-state index contributed by atoms with van der Waals surface area (Å²) in [6, 6.07) is 0.654. The number of hydrogen-bond donors (Lipinski definition) is 0. The Labute approximate surface area is 98.5 Å². The Morgan fingerprint density at radius 2 is 1.88 bits per heavy atom. The molecule has 1 rings (SSSR count). The van der Waals surface area contributed by atoms with Gasteiger partial charge in [-0.15, -0.1) is 0 Å². The maximum atomic E-state index is 11.6. The molecule has 0 aromatic rings. The van der Waals surface area contributed by atoms with E-state index in [-0.39, 0.29) is 12.5 Å². The van der Waals surface area contributed by atoms with Crippen LogP contribution in [0.5, 0.6) is 0 Å². The predicted octanol–water partition coefficient (Wildman–Crippen LogP) is 0.966. The van der Waals surface area contributed by atoms with Gasteiger partial charge >= 0.3 is 0 Å². The molecule has 0 spiro atoms. The van der Waals surface area contributed by atoms with Gasteiger partial charge in [0.15, 0.2) is 0 Å². The minimum atomic E-state index is 0.125. The molecule has 94 valence electrons. The lowest BCUT2D eigenvalue weighted by atomic mass is 10.0. The van der Waals surface area contributed by atoms with Crippen LogP contribution in [0.4, 0.5) is 0 Å². The van der Waals surface area contributed by atoms with Gasteiger partial charge in [0.25, 0.3) is 0 Å². The number of hydrogen-bond acceptors (Lipinski definition) is 3. The van der Waals surface area contributed by atoms with E-state index in [1.165, 1.54) is 0 Å². The minimum Gasteiger partial charge on any atom is -0.375 e. The SMILES string of the molecule is CCN(CC)C1CCN(C(=O)COC)CC1. The lowest BCUT2D eigenvalue weighted by molar-refractivity contribution is -0.136. The maximum Gasteiger partial charge on any atom is 0.248 e. The number of carbonyl (C=O) groups is 1. The highest BCUT2D eigenvalue weighted by molar-refractivity contribution is 5.77. The molecule has 0 aromatic heterocycles. The van der Waals surface area contributed by atoms with Gasteiger partial charge in [-0.2, -0.15) is 0 Å². The molecule has 16 heavy (non-hydrogen) atoms. The first-order chi connectivity index (χ1) is 7.72. The van der Waals surface area contributed by atoms with Gasteiger partial charge in [-0.1, -0.05) is 13.8 Å². The lowest BCUT2D eigenvalue weighted by Crippen LogP contribution is -2.47. The summed E-state index contributed by atoms with van der Waals surface area (Å²) in [6.07, 6.45) is 2.19. The zero-order chi connectivity index (χ0) is 12.0. The fourth-order valence-corrected chi connectivity index (χ4v) is 2.44. The molecule has 0 aromatic carbocycles. The van der Waals surface area contributed by atoms with Gasteiger partial charge in [-0.05, 0) is 25.9 Å². The number of methoxy groups -OCH3 is 1. The third kappa shape index (κ3) is 3.46. The third-order valence-electron chi connectivity index (χ3n) is 3.41. The molecule has 1 heterocycles. The Bertz CT molecular complexity index is 209. The second-order valence-corrected chi connectivity index (χ2v) is 4.27. The van der Waals surface area contributed by atoms with Crippen molar-refractivity contribution < 1.29 is 9.53 Å². The van der Waals surface area contributed by atoms with E-state index in [0.717, 1.165) is 39.0 Å². The molecule has 0 atom stereocenters. The summed E-state index contributed by atoms with van der Waals surface area (Å²) in [5, 5.41) is 0. The molecule has 0 radical (unpaired) electrons. The van der Waals surface area contributed by atoms with Crippen LogP contribution in [-0.2, 0) is 9.53 Å². The van der Waals surface area contributed by atoms with E-state index in [1.54, 1.807) is 7.11 Å². The first kappa shape index (κ1) is 13.5. The van der Waals surface area contributed by atoms with Gasteiger partial charge in [0, 0.05) is 26.2 Å². The summed E-state index contributed by atoms with van der Waals surface area (Å²) in [4.78, 5) is 16.0. The molecule has 1 aliphatic rings. The van der Waals surface area contributed by atoms with Crippen molar-refractivity contribution in [3.05, 3.63) is 0 Å². The summed E-state index contributed by atoms with van der Waals surface area (Å²) in [5.74, 6) is 0.125. The van der Waals surface area contributed by atoms with Gasteiger partial charge in [0.05, 0.1) is 0 Å². The van der Waals surface area contributed by atoms with Gasteiger partial charge in [0.2, 0.25) is 5.91 Å². The molecule has 1 saturated heterocycles. The van der Waals surface area contributed by atoms with Crippen LogP contribution in [0, 0.1) is 0 Å². The monoisotopic (exact) mass is 228 g/mol. The van der Waals surface area contributed by atoms with Crippen molar-refractivity contribution in [2.45, 2.75) is 32.7 Å². The molecule has 0 aliphatic carbocycles. The molecular weight excluding hydrogens is 204 g/mol. The van der Waals surface area contributed by atoms with E-state index in [2.05, 4.69) is 18.7 Å². The molecule has 0 bridgehead atoms. The molecule has 1 aliphatic heterocycles. The molecular formula is C12H24N2O2. The number of amides is 1. The van der Waals surface area contributed by atoms with Gasteiger partial charge < -0.3 is 14.5 Å². The van der Waals surface area contributed by atoms with E-state index in [9.17, 15) is 4.79 Å². The van der Waals surface area contributed by atoms with Crippen molar-refractivity contribution in [2.24, 2.45) is 0 Å². The zero-order valence-corrected chi connectivity index (χ0v) is 10.7. The smallest absolute Gasteiger partial charge is 0.248 e. The van der Waals surface area contributed by atoms with Crippen LogP contribution in [0.25, 0.3) is 0 Å². The van der Waals surface area contributed by atoms with Crippen molar-refractivity contribution in [1.29, 1.82) is 0 Å². The number of rotatable bonds is 5.